The average molecular weight is 371 g/mol. The van der Waals surface area contributed by atoms with Crippen molar-refractivity contribution in [2.45, 2.75) is 18.6 Å². The Morgan fingerprint density at radius 1 is 1.29 bits per heavy atom. The first-order valence-corrected chi connectivity index (χ1v) is 9.55. The highest BCUT2D eigenvalue weighted by Crippen LogP contribution is 2.19. The van der Waals surface area contributed by atoms with E-state index in [1.165, 1.54) is 0 Å². The Hall–Kier alpha value is -1.29. The Morgan fingerprint density at radius 3 is 2.79 bits per heavy atom. The molecule has 2 aliphatic rings. The van der Waals surface area contributed by atoms with Crippen molar-refractivity contribution in [3.05, 3.63) is 16.9 Å². The summed E-state index contributed by atoms with van der Waals surface area (Å²) in [7, 11) is -0.969. The highest BCUT2D eigenvalue weighted by molar-refractivity contribution is 7.83. The molecule has 4 heterocycles. The quantitative estimate of drug-likeness (QED) is 0.739. The molecule has 8 nitrogen and oxygen atoms in total. The summed E-state index contributed by atoms with van der Waals surface area (Å²) in [6.45, 7) is 6.18. The molecule has 4 rings (SSSR count). The molecule has 0 aliphatic carbocycles. The maximum Gasteiger partial charge on any atom is 0.255 e. The molecule has 24 heavy (non-hydrogen) atoms. The Bertz CT molecular complexity index is 770. The van der Waals surface area contributed by atoms with E-state index < -0.39 is 11.0 Å². The largest absolute Gasteiger partial charge is 0.380 e. The molecule has 0 spiro atoms. The zero-order valence-corrected chi connectivity index (χ0v) is 15.0. The molecule has 10 heteroatoms. The van der Waals surface area contributed by atoms with Gasteiger partial charge in [0.1, 0.15) is 5.15 Å². The summed E-state index contributed by atoms with van der Waals surface area (Å²) in [4.78, 5) is 10.8. The third kappa shape index (κ3) is 3.01. The Kier molecular flexibility index (Phi) is 4.42. The van der Waals surface area contributed by atoms with Gasteiger partial charge in [-0.25, -0.2) is 8.51 Å². The van der Waals surface area contributed by atoms with Gasteiger partial charge in [-0.1, -0.05) is 11.6 Å². The number of anilines is 1. The third-order valence-corrected chi connectivity index (χ3v) is 6.41. The lowest BCUT2D eigenvalue weighted by Gasteiger charge is -2.34. The first-order valence-electron chi connectivity index (χ1n) is 8.00. The van der Waals surface area contributed by atoms with Crippen molar-refractivity contribution in [1.82, 2.24) is 23.9 Å². The molecule has 2 aliphatic heterocycles. The van der Waals surface area contributed by atoms with Crippen molar-refractivity contribution in [1.29, 1.82) is 0 Å². The topological polar surface area (TPSA) is 75.9 Å². The van der Waals surface area contributed by atoms with Gasteiger partial charge in [-0.2, -0.15) is 14.5 Å². The van der Waals surface area contributed by atoms with Crippen LogP contribution in [0.5, 0.6) is 0 Å². The SMILES string of the molecule is Cc1cc(Cl)nc2nc(N3CCN(S(=O)C4CCOC4)CC3)nn12. The molecular formula is C14H19ClN6O2S. The standard InChI is InChI=1S/C14H19ClN6O2S/c1-10-8-12(15)16-13-17-14(18-21(10)13)19-3-5-20(6-4-19)24(22)11-2-7-23-9-11/h8,11H,2-7,9H2,1H3. The average Bonchev–Trinajstić information content (AvgIpc) is 3.24. The number of rotatable bonds is 3. The van der Waals surface area contributed by atoms with Gasteiger partial charge < -0.3 is 9.64 Å². The number of aromatic nitrogens is 4. The highest BCUT2D eigenvalue weighted by atomic mass is 35.5. The Morgan fingerprint density at radius 2 is 2.08 bits per heavy atom. The van der Waals surface area contributed by atoms with Crippen LogP contribution >= 0.6 is 11.6 Å². The predicted molar refractivity (Wildman–Crippen MR) is 91.7 cm³/mol. The number of hydrogen-bond acceptors (Lipinski definition) is 6. The number of piperazine rings is 1. The van der Waals surface area contributed by atoms with Gasteiger partial charge in [0.05, 0.1) is 22.8 Å². The van der Waals surface area contributed by atoms with Gasteiger partial charge in [0, 0.05) is 38.5 Å². The van der Waals surface area contributed by atoms with Crippen molar-refractivity contribution >= 4 is 34.3 Å². The molecule has 2 aromatic rings. The second-order valence-electron chi connectivity index (χ2n) is 6.02. The van der Waals surface area contributed by atoms with Crippen LogP contribution in [-0.4, -0.2) is 72.7 Å². The van der Waals surface area contributed by atoms with Gasteiger partial charge in [0.25, 0.3) is 5.78 Å². The van der Waals surface area contributed by atoms with Crippen LogP contribution in [0.4, 0.5) is 5.95 Å². The summed E-state index contributed by atoms with van der Waals surface area (Å²) in [5.74, 6) is 1.15. The lowest BCUT2D eigenvalue weighted by molar-refractivity contribution is 0.198. The second-order valence-corrected chi connectivity index (χ2v) is 8.14. The predicted octanol–water partition coefficient (Wildman–Crippen LogP) is 0.661. The van der Waals surface area contributed by atoms with E-state index in [0.29, 0.717) is 23.5 Å². The van der Waals surface area contributed by atoms with Gasteiger partial charge in [-0.05, 0) is 19.4 Å². The van der Waals surface area contributed by atoms with Crippen LogP contribution in [0.1, 0.15) is 12.1 Å². The summed E-state index contributed by atoms with van der Waals surface area (Å²) in [6.07, 6.45) is 0.881. The minimum absolute atomic E-state index is 0.138. The monoisotopic (exact) mass is 370 g/mol. The van der Waals surface area contributed by atoms with Crippen LogP contribution < -0.4 is 4.90 Å². The molecule has 2 aromatic heterocycles. The maximum absolute atomic E-state index is 12.5. The number of fused-ring (bicyclic) bond motifs is 1. The van der Waals surface area contributed by atoms with Crippen molar-refractivity contribution in [3.8, 4) is 0 Å². The second kappa shape index (κ2) is 6.55. The van der Waals surface area contributed by atoms with Gasteiger partial charge in [0.2, 0.25) is 5.95 Å². The zero-order chi connectivity index (χ0) is 16.7. The van der Waals surface area contributed by atoms with E-state index in [0.717, 1.165) is 44.9 Å². The molecular weight excluding hydrogens is 352 g/mol. The molecule has 2 fully saturated rings. The molecule has 0 saturated carbocycles. The lowest BCUT2D eigenvalue weighted by Crippen LogP contribution is -2.49. The van der Waals surface area contributed by atoms with E-state index in [9.17, 15) is 4.21 Å². The minimum atomic E-state index is -0.969. The van der Waals surface area contributed by atoms with Gasteiger partial charge in [-0.15, -0.1) is 5.10 Å². The van der Waals surface area contributed by atoms with Crippen molar-refractivity contribution in [2.24, 2.45) is 0 Å². The van der Waals surface area contributed by atoms with Crippen LogP contribution in [0.2, 0.25) is 5.15 Å². The van der Waals surface area contributed by atoms with Crippen molar-refractivity contribution in [3.63, 3.8) is 0 Å². The van der Waals surface area contributed by atoms with Gasteiger partial charge in [0.15, 0.2) is 0 Å². The van der Waals surface area contributed by atoms with Crippen LogP contribution in [0.15, 0.2) is 6.07 Å². The summed E-state index contributed by atoms with van der Waals surface area (Å²) in [6, 6.07) is 1.76. The molecule has 2 unspecified atom stereocenters. The first kappa shape index (κ1) is 16.2. The summed E-state index contributed by atoms with van der Waals surface area (Å²) in [5, 5.41) is 5.07. The van der Waals surface area contributed by atoms with E-state index in [4.69, 9.17) is 16.3 Å². The Balaban J connectivity index is 1.46. The van der Waals surface area contributed by atoms with Crippen molar-refractivity contribution < 1.29 is 8.95 Å². The molecule has 2 atom stereocenters. The van der Waals surface area contributed by atoms with E-state index in [2.05, 4.69) is 20.0 Å². The summed E-state index contributed by atoms with van der Waals surface area (Å²) in [5.41, 5.74) is 0.893. The first-order chi connectivity index (χ1) is 11.6. The number of ether oxygens (including phenoxy) is 1. The van der Waals surface area contributed by atoms with Crippen LogP contribution in [0.25, 0.3) is 5.78 Å². The smallest absolute Gasteiger partial charge is 0.255 e. The normalized spacial score (nSPS) is 23.9. The molecule has 130 valence electrons. The summed E-state index contributed by atoms with van der Waals surface area (Å²) < 4.78 is 21.6. The van der Waals surface area contributed by atoms with E-state index in [-0.39, 0.29) is 5.25 Å². The maximum atomic E-state index is 12.5. The fourth-order valence-electron chi connectivity index (χ4n) is 3.05. The molecule has 0 bridgehead atoms. The van der Waals surface area contributed by atoms with Crippen LogP contribution in [0, 0.1) is 6.92 Å². The van der Waals surface area contributed by atoms with Gasteiger partial charge in [-0.3, -0.25) is 0 Å². The van der Waals surface area contributed by atoms with E-state index >= 15 is 0 Å². The van der Waals surface area contributed by atoms with E-state index in [1.807, 2.05) is 11.2 Å². The van der Waals surface area contributed by atoms with Crippen LogP contribution in [0.3, 0.4) is 0 Å². The number of halogens is 1. The lowest BCUT2D eigenvalue weighted by atomic mass is 10.4. The molecule has 0 aromatic carbocycles. The number of aryl methyl sites for hydroxylation is 1. The fraction of sp³-hybridized carbons (Fsp3) is 0.643. The minimum Gasteiger partial charge on any atom is -0.380 e. The van der Waals surface area contributed by atoms with Crippen molar-refractivity contribution in [2.75, 3.05) is 44.3 Å². The Labute approximate surface area is 147 Å². The highest BCUT2D eigenvalue weighted by Gasteiger charge is 2.30. The summed E-state index contributed by atoms with van der Waals surface area (Å²) >= 11 is 5.98. The van der Waals surface area contributed by atoms with Gasteiger partial charge >= 0.3 is 0 Å². The molecule has 0 radical (unpaired) electrons. The van der Waals surface area contributed by atoms with Crippen LogP contribution in [-0.2, 0) is 15.7 Å². The zero-order valence-electron chi connectivity index (χ0n) is 13.4. The molecule has 2 saturated heterocycles. The molecule has 0 N–H and O–H groups in total. The number of nitrogens with zero attached hydrogens (tertiary/aromatic N) is 6. The third-order valence-electron chi connectivity index (χ3n) is 4.40. The van der Waals surface area contributed by atoms with E-state index in [1.54, 1.807) is 10.6 Å². The fourth-order valence-corrected chi connectivity index (χ4v) is 4.74. The number of hydrogen-bond donors (Lipinski definition) is 0. The molecule has 0 amide bonds.